The molecule has 7 nitrogen and oxygen atoms in total. The van der Waals surface area contributed by atoms with Crippen LogP contribution in [0.25, 0.3) is 10.9 Å². The number of amides is 1. The molecule has 1 aliphatic carbocycles. The first-order valence-corrected chi connectivity index (χ1v) is 10.9. The molecule has 1 fully saturated rings. The van der Waals surface area contributed by atoms with E-state index in [0.717, 1.165) is 36.6 Å². The fraction of sp³-hybridized carbons (Fsp3) is 0.375. The smallest absolute Gasteiger partial charge is 0.252 e. The number of benzene rings is 1. The van der Waals surface area contributed by atoms with Crippen molar-refractivity contribution in [1.29, 1.82) is 0 Å². The highest BCUT2D eigenvalue weighted by atomic mass is 19.1. The molecule has 0 bridgehead atoms. The minimum absolute atomic E-state index is 0.00794. The molecule has 2 unspecified atom stereocenters. The number of carbonyl (C=O) groups is 1. The van der Waals surface area contributed by atoms with Crippen LogP contribution >= 0.6 is 0 Å². The lowest BCUT2D eigenvalue weighted by molar-refractivity contribution is 0.100. The van der Waals surface area contributed by atoms with E-state index < -0.39 is 11.7 Å². The number of primary amides is 1. The SMILES string of the molecule is CN(C)C1CCCCC1N(C)c1nc(Nc2ccc3cccnc3c2)c(C(N)=O)cc1F. The van der Waals surface area contributed by atoms with Crippen molar-refractivity contribution < 1.29 is 9.18 Å². The predicted molar refractivity (Wildman–Crippen MR) is 126 cm³/mol. The lowest BCUT2D eigenvalue weighted by atomic mass is 9.88. The van der Waals surface area contributed by atoms with Crippen molar-refractivity contribution >= 4 is 34.1 Å². The van der Waals surface area contributed by atoms with E-state index >= 15 is 4.39 Å². The Balaban J connectivity index is 1.71. The molecule has 1 amide bonds. The summed E-state index contributed by atoms with van der Waals surface area (Å²) in [4.78, 5) is 25.0. The predicted octanol–water partition coefficient (Wildman–Crippen LogP) is 3.92. The van der Waals surface area contributed by atoms with Crippen LogP contribution in [0.3, 0.4) is 0 Å². The molecule has 1 saturated carbocycles. The van der Waals surface area contributed by atoms with Crippen LogP contribution in [-0.4, -0.2) is 54.0 Å². The third-order valence-electron chi connectivity index (χ3n) is 6.28. The molecule has 1 aromatic carbocycles. The molecule has 0 radical (unpaired) electrons. The number of likely N-dealkylation sites (N-methyl/N-ethyl adjacent to an activating group) is 2. The summed E-state index contributed by atoms with van der Waals surface area (Å²) in [5.41, 5.74) is 7.04. The Morgan fingerprint density at radius 2 is 1.88 bits per heavy atom. The summed E-state index contributed by atoms with van der Waals surface area (Å²) in [7, 11) is 5.97. The number of halogens is 1. The zero-order valence-corrected chi connectivity index (χ0v) is 18.7. The van der Waals surface area contributed by atoms with Crippen LogP contribution in [0.5, 0.6) is 0 Å². The minimum atomic E-state index is -0.740. The first kappa shape index (κ1) is 22.0. The molecule has 2 heterocycles. The van der Waals surface area contributed by atoms with E-state index in [9.17, 15) is 4.79 Å². The number of hydrogen-bond donors (Lipinski definition) is 2. The second kappa shape index (κ2) is 9.08. The average Bonchev–Trinajstić information content (AvgIpc) is 2.79. The number of nitrogens with zero attached hydrogens (tertiary/aromatic N) is 4. The van der Waals surface area contributed by atoms with Crippen molar-refractivity contribution in [2.45, 2.75) is 37.8 Å². The Bertz CT molecular complexity index is 1130. The summed E-state index contributed by atoms with van der Waals surface area (Å²) in [5.74, 6) is -0.866. The Kier molecular flexibility index (Phi) is 6.23. The summed E-state index contributed by atoms with van der Waals surface area (Å²) in [5, 5.41) is 4.14. The van der Waals surface area contributed by atoms with Crippen LogP contribution in [-0.2, 0) is 0 Å². The van der Waals surface area contributed by atoms with Crippen molar-refractivity contribution in [3.8, 4) is 0 Å². The first-order chi connectivity index (χ1) is 15.3. The Morgan fingerprint density at radius 3 is 2.59 bits per heavy atom. The second-order valence-corrected chi connectivity index (χ2v) is 8.58. The maximum atomic E-state index is 15.1. The van der Waals surface area contributed by atoms with E-state index in [-0.39, 0.29) is 23.2 Å². The third-order valence-corrected chi connectivity index (χ3v) is 6.28. The van der Waals surface area contributed by atoms with E-state index in [1.165, 1.54) is 6.07 Å². The first-order valence-electron chi connectivity index (χ1n) is 10.9. The second-order valence-electron chi connectivity index (χ2n) is 8.58. The number of rotatable bonds is 6. The Morgan fingerprint density at radius 1 is 1.12 bits per heavy atom. The van der Waals surface area contributed by atoms with Crippen LogP contribution in [0, 0.1) is 5.82 Å². The van der Waals surface area contributed by atoms with Gasteiger partial charge in [0.15, 0.2) is 11.6 Å². The van der Waals surface area contributed by atoms with E-state index in [0.29, 0.717) is 11.7 Å². The van der Waals surface area contributed by atoms with Gasteiger partial charge in [0.1, 0.15) is 5.82 Å². The van der Waals surface area contributed by atoms with E-state index in [4.69, 9.17) is 5.73 Å². The number of nitrogens with one attached hydrogen (secondary N) is 1. The van der Waals surface area contributed by atoms with Gasteiger partial charge in [-0.25, -0.2) is 9.37 Å². The molecular weight excluding hydrogens is 407 g/mol. The molecule has 0 aliphatic heterocycles. The fourth-order valence-electron chi connectivity index (χ4n) is 4.59. The highest BCUT2D eigenvalue weighted by Crippen LogP contribution is 2.32. The van der Waals surface area contributed by atoms with Gasteiger partial charge < -0.3 is 20.9 Å². The zero-order valence-electron chi connectivity index (χ0n) is 18.7. The summed E-state index contributed by atoms with van der Waals surface area (Å²) < 4.78 is 15.1. The van der Waals surface area contributed by atoms with E-state index in [1.54, 1.807) is 6.20 Å². The van der Waals surface area contributed by atoms with Crippen molar-refractivity contribution in [3.63, 3.8) is 0 Å². The third kappa shape index (κ3) is 4.36. The van der Waals surface area contributed by atoms with Crippen molar-refractivity contribution in [2.75, 3.05) is 31.4 Å². The Labute approximate surface area is 187 Å². The van der Waals surface area contributed by atoms with Crippen LogP contribution < -0.4 is 16.0 Å². The van der Waals surface area contributed by atoms with Crippen LogP contribution in [0.1, 0.15) is 36.0 Å². The maximum absolute atomic E-state index is 15.1. The van der Waals surface area contributed by atoms with Crippen molar-refractivity contribution in [3.05, 3.63) is 54.0 Å². The number of carbonyl (C=O) groups excluding carboxylic acids is 1. The summed E-state index contributed by atoms with van der Waals surface area (Å²) in [6, 6.07) is 11.1. The minimum Gasteiger partial charge on any atom is -0.365 e. The lowest BCUT2D eigenvalue weighted by Crippen LogP contribution is -2.50. The Hall–Kier alpha value is -3.26. The average molecular weight is 437 g/mol. The highest BCUT2D eigenvalue weighted by molar-refractivity contribution is 5.99. The standard InChI is InChI=1S/C24H29FN6O/c1-30(2)20-8-4-5-9-21(20)31(3)24-18(25)14-17(22(26)32)23(29-24)28-16-11-10-15-7-6-12-27-19(15)13-16/h6-7,10-14,20-21H,4-5,8-9H2,1-3H3,(H2,26,32)(H,28,29). The molecule has 3 N–H and O–H groups in total. The van der Waals surface area contributed by atoms with E-state index in [2.05, 4.69) is 34.3 Å². The van der Waals surface area contributed by atoms with E-state index in [1.807, 2.05) is 42.3 Å². The molecule has 3 aromatic rings. The van der Waals surface area contributed by atoms with Crippen molar-refractivity contribution in [1.82, 2.24) is 14.9 Å². The number of nitrogens with two attached hydrogens (primary N) is 1. The van der Waals surface area contributed by atoms with Gasteiger partial charge in [0.05, 0.1) is 11.1 Å². The maximum Gasteiger partial charge on any atom is 0.252 e. The van der Waals surface area contributed by atoms with Crippen LogP contribution in [0.2, 0.25) is 0 Å². The van der Waals surface area contributed by atoms with Gasteiger partial charge in [-0.3, -0.25) is 9.78 Å². The van der Waals surface area contributed by atoms with Crippen LogP contribution in [0.15, 0.2) is 42.6 Å². The molecule has 1 aliphatic rings. The molecule has 0 saturated heterocycles. The fourth-order valence-corrected chi connectivity index (χ4v) is 4.59. The molecule has 168 valence electrons. The number of hydrogen-bond acceptors (Lipinski definition) is 6. The molecule has 2 atom stereocenters. The zero-order chi connectivity index (χ0) is 22.8. The molecular formula is C24H29FN6O. The number of aromatic nitrogens is 2. The molecule has 0 spiro atoms. The number of pyridine rings is 2. The monoisotopic (exact) mass is 436 g/mol. The number of fused-ring (bicyclic) bond motifs is 1. The van der Waals surface area contributed by atoms with Gasteiger partial charge in [-0.1, -0.05) is 25.0 Å². The van der Waals surface area contributed by atoms with Gasteiger partial charge in [0, 0.05) is 36.4 Å². The largest absolute Gasteiger partial charge is 0.365 e. The van der Waals surface area contributed by atoms with Gasteiger partial charge in [0.25, 0.3) is 5.91 Å². The van der Waals surface area contributed by atoms with Crippen LogP contribution in [0.4, 0.5) is 21.7 Å². The molecule has 4 rings (SSSR count). The number of anilines is 3. The topological polar surface area (TPSA) is 87.4 Å². The lowest BCUT2D eigenvalue weighted by Gasteiger charge is -2.42. The molecule has 2 aromatic heterocycles. The van der Waals surface area contributed by atoms with Gasteiger partial charge in [-0.15, -0.1) is 0 Å². The van der Waals surface area contributed by atoms with Gasteiger partial charge in [0.2, 0.25) is 0 Å². The summed E-state index contributed by atoms with van der Waals surface area (Å²) in [6.45, 7) is 0. The summed E-state index contributed by atoms with van der Waals surface area (Å²) >= 11 is 0. The molecule has 8 heteroatoms. The van der Waals surface area contributed by atoms with Crippen molar-refractivity contribution in [2.24, 2.45) is 5.73 Å². The molecule has 32 heavy (non-hydrogen) atoms. The quantitative estimate of drug-likeness (QED) is 0.609. The summed E-state index contributed by atoms with van der Waals surface area (Å²) in [6.07, 6.45) is 5.98. The van der Waals surface area contributed by atoms with Gasteiger partial charge >= 0.3 is 0 Å². The van der Waals surface area contributed by atoms with Gasteiger partial charge in [-0.05, 0) is 51.2 Å². The normalized spacial score (nSPS) is 18.7. The van der Waals surface area contributed by atoms with Gasteiger partial charge in [-0.2, -0.15) is 0 Å². The highest BCUT2D eigenvalue weighted by Gasteiger charge is 2.32.